The van der Waals surface area contributed by atoms with E-state index >= 15 is 0 Å². The van der Waals surface area contributed by atoms with Crippen LogP contribution in [-0.4, -0.2) is 34.2 Å². The van der Waals surface area contributed by atoms with Crippen molar-refractivity contribution in [2.75, 3.05) is 18.0 Å². The molecular weight excluding hydrogens is 212 g/mol. The summed E-state index contributed by atoms with van der Waals surface area (Å²) in [6, 6.07) is 0.579. The zero-order valence-corrected chi connectivity index (χ0v) is 11.4. The first-order chi connectivity index (χ1) is 7.97. The molecule has 1 N–H and O–H groups in total. The Morgan fingerprint density at radius 3 is 2.82 bits per heavy atom. The maximum atomic E-state index is 4.45. The zero-order valence-electron chi connectivity index (χ0n) is 11.4. The van der Waals surface area contributed by atoms with Gasteiger partial charge in [0.05, 0.1) is 0 Å². The summed E-state index contributed by atoms with van der Waals surface area (Å²) >= 11 is 0. The molecule has 96 valence electrons. The van der Waals surface area contributed by atoms with Crippen LogP contribution in [-0.2, 0) is 7.05 Å². The second-order valence-electron chi connectivity index (χ2n) is 5.96. The molecule has 0 amide bonds. The van der Waals surface area contributed by atoms with Gasteiger partial charge in [0.1, 0.15) is 0 Å². The number of rotatable bonds is 3. The molecule has 0 aromatic carbocycles. The van der Waals surface area contributed by atoms with Crippen LogP contribution in [0.25, 0.3) is 0 Å². The lowest BCUT2D eigenvalue weighted by Crippen LogP contribution is -2.45. The fourth-order valence-corrected chi connectivity index (χ4v) is 2.37. The molecule has 4 heteroatoms. The summed E-state index contributed by atoms with van der Waals surface area (Å²) in [5, 5.41) is 3.60. The first-order valence-electron chi connectivity index (χ1n) is 6.46. The SMILES string of the molecule is Cn1ccnc1N1CCCC1CNC(C)(C)C. The van der Waals surface area contributed by atoms with E-state index in [9.17, 15) is 0 Å². The van der Waals surface area contributed by atoms with Gasteiger partial charge in [0, 0.05) is 44.1 Å². The van der Waals surface area contributed by atoms with E-state index in [2.05, 4.69) is 47.6 Å². The topological polar surface area (TPSA) is 33.1 Å². The molecule has 1 fully saturated rings. The predicted octanol–water partition coefficient (Wildman–Crippen LogP) is 1.78. The zero-order chi connectivity index (χ0) is 12.5. The molecule has 1 aromatic rings. The number of imidazole rings is 1. The van der Waals surface area contributed by atoms with Crippen molar-refractivity contribution in [2.45, 2.75) is 45.2 Å². The van der Waals surface area contributed by atoms with Crippen molar-refractivity contribution in [1.82, 2.24) is 14.9 Å². The highest BCUT2D eigenvalue weighted by Crippen LogP contribution is 2.23. The fraction of sp³-hybridized carbons (Fsp3) is 0.769. The third-order valence-electron chi connectivity index (χ3n) is 3.30. The monoisotopic (exact) mass is 236 g/mol. The Morgan fingerprint density at radius 1 is 1.47 bits per heavy atom. The van der Waals surface area contributed by atoms with Gasteiger partial charge in [0.2, 0.25) is 5.95 Å². The van der Waals surface area contributed by atoms with E-state index in [0.717, 1.165) is 19.0 Å². The summed E-state index contributed by atoms with van der Waals surface area (Å²) in [4.78, 5) is 6.88. The van der Waals surface area contributed by atoms with E-state index in [4.69, 9.17) is 0 Å². The lowest BCUT2D eigenvalue weighted by Gasteiger charge is -2.29. The van der Waals surface area contributed by atoms with Gasteiger partial charge < -0.3 is 14.8 Å². The van der Waals surface area contributed by atoms with Crippen molar-refractivity contribution in [3.05, 3.63) is 12.4 Å². The van der Waals surface area contributed by atoms with Crippen LogP contribution in [0, 0.1) is 0 Å². The van der Waals surface area contributed by atoms with Crippen molar-refractivity contribution in [3.63, 3.8) is 0 Å². The first-order valence-corrected chi connectivity index (χ1v) is 6.46. The van der Waals surface area contributed by atoms with Gasteiger partial charge in [-0.05, 0) is 33.6 Å². The van der Waals surface area contributed by atoms with E-state index < -0.39 is 0 Å². The Balaban J connectivity index is 2.01. The molecule has 0 spiro atoms. The van der Waals surface area contributed by atoms with Crippen LogP contribution < -0.4 is 10.2 Å². The summed E-state index contributed by atoms with van der Waals surface area (Å²) in [5.74, 6) is 1.10. The van der Waals surface area contributed by atoms with Gasteiger partial charge in [-0.2, -0.15) is 0 Å². The van der Waals surface area contributed by atoms with Crippen molar-refractivity contribution < 1.29 is 0 Å². The summed E-state index contributed by atoms with van der Waals surface area (Å²) in [5.41, 5.74) is 0.190. The smallest absolute Gasteiger partial charge is 0.205 e. The average Bonchev–Trinajstić information content (AvgIpc) is 2.81. The quantitative estimate of drug-likeness (QED) is 0.868. The van der Waals surface area contributed by atoms with E-state index in [1.807, 2.05) is 12.4 Å². The van der Waals surface area contributed by atoms with Gasteiger partial charge >= 0.3 is 0 Å². The van der Waals surface area contributed by atoms with Crippen LogP contribution in [0.1, 0.15) is 33.6 Å². The lowest BCUT2D eigenvalue weighted by molar-refractivity contribution is 0.403. The second kappa shape index (κ2) is 4.69. The highest BCUT2D eigenvalue weighted by atomic mass is 15.3. The van der Waals surface area contributed by atoms with E-state index in [1.54, 1.807) is 0 Å². The molecule has 1 saturated heterocycles. The van der Waals surface area contributed by atoms with E-state index in [0.29, 0.717) is 6.04 Å². The van der Waals surface area contributed by atoms with Gasteiger partial charge in [-0.1, -0.05) is 0 Å². The number of nitrogens with one attached hydrogen (secondary N) is 1. The molecule has 1 aliphatic rings. The molecule has 1 atom stereocenters. The lowest BCUT2D eigenvalue weighted by atomic mass is 10.1. The normalized spacial score (nSPS) is 21.2. The van der Waals surface area contributed by atoms with Crippen molar-refractivity contribution in [1.29, 1.82) is 0 Å². The molecule has 2 heterocycles. The highest BCUT2D eigenvalue weighted by molar-refractivity contribution is 5.34. The standard InChI is InChI=1S/C13H24N4/c1-13(2,3)15-10-11-6-5-8-17(11)12-14-7-9-16(12)4/h7,9,11,15H,5-6,8,10H2,1-4H3. The molecule has 0 saturated carbocycles. The number of nitrogens with zero attached hydrogens (tertiary/aromatic N) is 3. The average molecular weight is 236 g/mol. The molecule has 1 unspecified atom stereocenters. The number of aromatic nitrogens is 2. The largest absolute Gasteiger partial charge is 0.338 e. The fourth-order valence-electron chi connectivity index (χ4n) is 2.37. The van der Waals surface area contributed by atoms with Gasteiger partial charge in [0.15, 0.2) is 0 Å². The van der Waals surface area contributed by atoms with Crippen LogP contribution in [0.4, 0.5) is 5.95 Å². The predicted molar refractivity (Wildman–Crippen MR) is 71.3 cm³/mol. The molecule has 1 aliphatic heterocycles. The Labute approximate surface area is 104 Å². The van der Waals surface area contributed by atoms with Crippen LogP contribution >= 0.6 is 0 Å². The second-order valence-corrected chi connectivity index (χ2v) is 5.96. The number of hydrogen-bond acceptors (Lipinski definition) is 3. The third-order valence-corrected chi connectivity index (χ3v) is 3.30. The summed E-state index contributed by atoms with van der Waals surface area (Å²) < 4.78 is 2.11. The van der Waals surface area contributed by atoms with Gasteiger partial charge in [-0.15, -0.1) is 0 Å². The Kier molecular flexibility index (Phi) is 3.43. The molecule has 4 nitrogen and oxygen atoms in total. The first kappa shape index (κ1) is 12.4. The maximum Gasteiger partial charge on any atom is 0.205 e. The summed E-state index contributed by atoms with van der Waals surface area (Å²) in [7, 11) is 2.06. The third kappa shape index (κ3) is 3.00. The minimum Gasteiger partial charge on any atom is -0.338 e. The molecule has 17 heavy (non-hydrogen) atoms. The minimum absolute atomic E-state index is 0.190. The van der Waals surface area contributed by atoms with Crippen LogP contribution in [0.2, 0.25) is 0 Å². The molecule has 1 aromatic heterocycles. The van der Waals surface area contributed by atoms with Gasteiger partial charge in [-0.25, -0.2) is 4.98 Å². The molecule has 0 bridgehead atoms. The molecule has 0 aliphatic carbocycles. The maximum absolute atomic E-state index is 4.45. The summed E-state index contributed by atoms with van der Waals surface area (Å²) in [6.45, 7) is 8.81. The number of aryl methyl sites for hydroxylation is 1. The van der Waals surface area contributed by atoms with Gasteiger partial charge in [-0.3, -0.25) is 0 Å². The summed E-state index contributed by atoms with van der Waals surface area (Å²) in [6.07, 6.45) is 6.42. The van der Waals surface area contributed by atoms with Crippen molar-refractivity contribution in [2.24, 2.45) is 7.05 Å². The Bertz CT molecular complexity index is 364. The van der Waals surface area contributed by atoms with E-state index in [-0.39, 0.29) is 5.54 Å². The van der Waals surface area contributed by atoms with Crippen molar-refractivity contribution in [3.8, 4) is 0 Å². The van der Waals surface area contributed by atoms with Crippen molar-refractivity contribution >= 4 is 5.95 Å². The van der Waals surface area contributed by atoms with E-state index in [1.165, 1.54) is 12.8 Å². The molecule has 0 radical (unpaired) electrons. The van der Waals surface area contributed by atoms with Gasteiger partial charge in [0.25, 0.3) is 0 Å². The van der Waals surface area contributed by atoms with Crippen LogP contribution in [0.3, 0.4) is 0 Å². The molecule has 2 rings (SSSR count). The number of anilines is 1. The van der Waals surface area contributed by atoms with Crippen LogP contribution in [0.15, 0.2) is 12.4 Å². The Hall–Kier alpha value is -1.03. The number of hydrogen-bond donors (Lipinski definition) is 1. The molecular formula is C13H24N4. The van der Waals surface area contributed by atoms with Crippen LogP contribution in [0.5, 0.6) is 0 Å². The minimum atomic E-state index is 0.190. The highest BCUT2D eigenvalue weighted by Gasteiger charge is 2.27. The Morgan fingerprint density at radius 2 is 2.24 bits per heavy atom.